The normalized spacial score (nSPS) is 15.1. The first-order chi connectivity index (χ1) is 17.5. The molecule has 8 nitrogen and oxygen atoms in total. The number of aromatic nitrogens is 1. The molecule has 4 rings (SSSR count). The second-order valence-corrected chi connectivity index (χ2v) is 9.82. The third-order valence-electron chi connectivity index (χ3n) is 6.14. The van der Waals surface area contributed by atoms with Crippen molar-refractivity contribution in [3.8, 4) is 0 Å². The lowest BCUT2D eigenvalue weighted by Gasteiger charge is -2.25. The van der Waals surface area contributed by atoms with Gasteiger partial charge in [-0.2, -0.15) is 0 Å². The van der Waals surface area contributed by atoms with Gasteiger partial charge in [-0.25, -0.2) is 4.98 Å². The van der Waals surface area contributed by atoms with Gasteiger partial charge in [0.15, 0.2) is 0 Å². The Kier molecular flexibility index (Phi) is 9.05. The van der Waals surface area contributed by atoms with E-state index in [1.54, 1.807) is 34.6 Å². The summed E-state index contributed by atoms with van der Waals surface area (Å²) < 4.78 is 0. The van der Waals surface area contributed by atoms with Gasteiger partial charge in [0, 0.05) is 61.1 Å². The van der Waals surface area contributed by atoms with Gasteiger partial charge in [0.1, 0.15) is 5.01 Å². The van der Waals surface area contributed by atoms with Crippen molar-refractivity contribution in [1.82, 2.24) is 15.6 Å². The minimum absolute atomic E-state index is 0.0682. The summed E-state index contributed by atoms with van der Waals surface area (Å²) in [7, 11) is 0. The first-order valence-electron chi connectivity index (χ1n) is 12.3. The zero-order valence-electron chi connectivity index (χ0n) is 20.4. The lowest BCUT2D eigenvalue weighted by atomic mass is 10.00. The van der Waals surface area contributed by atoms with Gasteiger partial charge in [-0.15, -0.1) is 11.3 Å². The molecular formula is C27H33N5O3S. The smallest absolute Gasteiger partial charge is 0.251 e. The molecule has 1 saturated heterocycles. The standard InChI is InChI=1S/C27H33N5O3S/c1-2-29-21-14-20(15-22(16-21)32-11-6-9-26(32)34)27(35)31-23(13-19-7-4-3-5-8-19)24(33)17-28-18-25-30-10-12-36-25/h3-5,7-8,10,12,14-16,23-24,28-29,33H,2,6,9,11,13,17-18H2,1H3,(H,31,35). The van der Waals surface area contributed by atoms with Gasteiger partial charge in [0.05, 0.1) is 12.1 Å². The maximum Gasteiger partial charge on any atom is 0.251 e. The first kappa shape index (κ1) is 25.8. The number of aliphatic hydroxyl groups is 1. The van der Waals surface area contributed by atoms with E-state index in [0.29, 0.717) is 50.3 Å². The van der Waals surface area contributed by atoms with E-state index in [0.717, 1.165) is 22.7 Å². The van der Waals surface area contributed by atoms with E-state index in [1.165, 1.54) is 0 Å². The number of rotatable bonds is 12. The van der Waals surface area contributed by atoms with Crippen molar-refractivity contribution in [1.29, 1.82) is 0 Å². The molecule has 1 fully saturated rings. The molecule has 0 aliphatic carbocycles. The molecule has 4 N–H and O–H groups in total. The summed E-state index contributed by atoms with van der Waals surface area (Å²) in [5.74, 6) is -0.221. The van der Waals surface area contributed by atoms with E-state index in [-0.39, 0.29) is 11.8 Å². The summed E-state index contributed by atoms with van der Waals surface area (Å²) in [6, 6.07) is 14.7. The molecule has 36 heavy (non-hydrogen) atoms. The number of thiazole rings is 1. The molecule has 2 amide bonds. The molecule has 2 heterocycles. The Labute approximate surface area is 215 Å². The number of nitrogens with zero attached hydrogens (tertiary/aromatic N) is 2. The molecule has 2 aromatic carbocycles. The topological polar surface area (TPSA) is 107 Å². The predicted molar refractivity (Wildman–Crippen MR) is 143 cm³/mol. The van der Waals surface area contributed by atoms with Crippen molar-refractivity contribution in [3.05, 3.63) is 76.2 Å². The van der Waals surface area contributed by atoms with Crippen LogP contribution in [0.4, 0.5) is 11.4 Å². The Bertz CT molecular complexity index is 1140. The second-order valence-electron chi connectivity index (χ2n) is 8.84. The Morgan fingerprint density at radius 2 is 2.06 bits per heavy atom. The number of nitrogens with one attached hydrogen (secondary N) is 3. The zero-order valence-corrected chi connectivity index (χ0v) is 21.3. The van der Waals surface area contributed by atoms with Crippen LogP contribution < -0.4 is 20.9 Å². The van der Waals surface area contributed by atoms with Crippen LogP contribution in [0.5, 0.6) is 0 Å². The van der Waals surface area contributed by atoms with Crippen LogP contribution in [0.15, 0.2) is 60.1 Å². The molecule has 0 saturated carbocycles. The number of hydrogen-bond acceptors (Lipinski definition) is 7. The van der Waals surface area contributed by atoms with Gasteiger partial charge >= 0.3 is 0 Å². The molecule has 1 aliphatic heterocycles. The summed E-state index contributed by atoms with van der Waals surface area (Å²) in [5, 5.41) is 23.4. The summed E-state index contributed by atoms with van der Waals surface area (Å²) in [6.45, 7) is 4.19. The van der Waals surface area contributed by atoms with Crippen LogP contribution in [-0.2, 0) is 17.8 Å². The first-order valence-corrected chi connectivity index (χ1v) is 13.2. The summed E-state index contributed by atoms with van der Waals surface area (Å²) >= 11 is 1.55. The Morgan fingerprint density at radius 1 is 1.22 bits per heavy atom. The van der Waals surface area contributed by atoms with Crippen molar-refractivity contribution < 1.29 is 14.7 Å². The molecule has 1 aromatic heterocycles. The number of amides is 2. The average Bonchev–Trinajstić information content (AvgIpc) is 3.56. The lowest BCUT2D eigenvalue weighted by molar-refractivity contribution is -0.117. The monoisotopic (exact) mass is 507 g/mol. The fraction of sp³-hybridized carbons (Fsp3) is 0.370. The Morgan fingerprint density at radius 3 is 2.75 bits per heavy atom. The van der Waals surface area contributed by atoms with Gasteiger partial charge < -0.3 is 26.0 Å². The average molecular weight is 508 g/mol. The Balaban J connectivity index is 1.51. The quantitative estimate of drug-likeness (QED) is 0.300. The summed E-state index contributed by atoms with van der Waals surface area (Å²) in [4.78, 5) is 31.8. The highest BCUT2D eigenvalue weighted by atomic mass is 32.1. The third kappa shape index (κ3) is 6.90. The van der Waals surface area contributed by atoms with Crippen LogP contribution >= 0.6 is 11.3 Å². The van der Waals surface area contributed by atoms with E-state index in [9.17, 15) is 14.7 Å². The highest BCUT2D eigenvalue weighted by Gasteiger charge is 2.25. The van der Waals surface area contributed by atoms with Crippen LogP contribution in [0.1, 0.15) is 40.7 Å². The van der Waals surface area contributed by atoms with E-state index in [4.69, 9.17) is 0 Å². The van der Waals surface area contributed by atoms with E-state index in [1.807, 2.05) is 48.7 Å². The van der Waals surface area contributed by atoms with Gasteiger partial charge in [-0.3, -0.25) is 9.59 Å². The molecule has 0 bridgehead atoms. The zero-order chi connectivity index (χ0) is 25.3. The maximum absolute atomic E-state index is 13.4. The molecule has 9 heteroatoms. The fourth-order valence-electron chi connectivity index (χ4n) is 4.34. The van der Waals surface area contributed by atoms with Crippen LogP contribution in [0, 0.1) is 0 Å². The molecule has 1 aliphatic rings. The third-order valence-corrected chi connectivity index (χ3v) is 6.92. The molecule has 0 spiro atoms. The van der Waals surface area contributed by atoms with Gasteiger partial charge in [-0.05, 0) is 43.5 Å². The fourth-order valence-corrected chi connectivity index (χ4v) is 4.92. The SMILES string of the molecule is CCNc1cc(C(=O)NC(Cc2ccccc2)C(O)CNCc2nccs2)cc(N2CCCC2=O)c1. The molecule has 3 aromatic rings. The largest absolute Gasteiger partial charge is 0.390 e. The van der Waals surface area contributed by atoms with E-state index in [2.05, 4.69) is 20.9 Å². The van der Waals surface area contributed by atoms with Gasteiger partial charge in [-0.1, -0.05) is 30.3 Å². The Hall–Kier alpha value is -3.27. The van der Waals surface area contributed by atoms with Crippen LogP contribution in [0.2, 0.25) is 0 Å². The number of hydrogen-bond donors (Lipinski definition) is 4. The molecule has 2 atom stereocenters. The number of anilines is 2. The summed E-state index contributed by atoms with van der Waals surface area (Å²) in [5.41, 5.74) is 2.96. The second kappa shape index (κ2) is 12.6. The summed E-state index contributed by atoms with van der Waals surface area (Å²) in [6.07, 6.45) is 2.75. The molecule has 2 unspecified atom stereocenters. The minimum atomic E-state index is -0.814. The predicted octanol–water partition coefficient (Wildman–Crippen LogP) is 3.19. The molecule has 0 radical (unpaired) electrons. The van der Waals surface area contributed by atoms with Crippen LogP contribution in [-0.4, -0.2) is 53.7 Å². The number of aliphatic hydroxyl groups excluding tert-OH is 1. The molecular weight excluding hydrogens is 474 g/mol. The van der Waals surface area contributed by atoms with Crippen molar-refractivity contribution in [3.63, 3.8) is 0 Å². The van der Waals surface area contributed by atoms with Crippen molar-refractivity contribution in [2.45, 2.75) is 44.9 Å². The minimum Gasteiger partial charge on any atom is -0.390 e. The highest BCUT2D eigenvalue weighted by Crippen LogP contribution is 2.27. The number of benzene rings is 2. The lowest BCUT2D eigenvalue weighted by Crippen LogP contribution is -2.48. The van der Waals surface area contributed by atoms with Crippen LogP contribution in [0.25, 0.3) is 0 Å². The molecule has 190 valence electrons. The van der Waals surface area contributed by atoms with Crippen LogP contribution in [0.3, 0.4) is 0 Å². The van der Waals surface area contributed by atoms with E-state index >= 15 is 0 Å². The maximum atomic E-state index is 13.4. The number of carbonyl (C=O) groups excluding carboxylic acids is 2. The highest BCUT2D eigenvalue weighted by molar-refractivity contribution is 7.09. The van der Waals surface area contributed by atoms with Gasteiger partial charge in [0.2, 0.25) is 5.91 Å². The van der Waals surface area contributed by atoms with Gasteiger partial charge in [0.25, 0.3) is 5.91 Å². The number of carbonyl (C=O) groups is 2. The van der Waals surface area contributed by atoms with Crippen molar-refractivity contribution >= 4 is 34.5 Å². The van der Waals surface area contributed by atoms with Crippen molar-refractivity contribution in [2.24, 2.45) is 0 Å². The van der Waals surface area contributed by atoms with Crippen molar-refractivity contribution in [2.75, 3.05) is 29.9 Å². The van der Waals surface area contributed by atoms with E-state index < -0.39 is 12.1 Å².